The Morgan fingerprint density at radius 3 is 0.667 bits per heavy atom. The Morgan fingerprint density at radius 2 is 0.433 bits per heavy atom. The average molecular weight is 1390 g/mol. The first kappa shape index (κ1) is 84.1. The topological polar surface area (TPSA) is 251 Å². The molecule has 3 N–H and O–H groups in total. The van der Waals surface area contributed by atoms with Crippen molar-refractivity contribution < 1.29 is 55.6 Å². The summed E-state index contributed by atoms with van der Waals surface area (Å²) in [4.78, 5) is -7.27. The van der Waals surface area contributed by atoms with Gasteiger partial charge in [-0.3, -0.25) is 0 Å². The second-order valence-electron chi connectivity index (χ2n) is 26.2. The predicted molar refractivity (Wildman–Crippen MR) is 378 cm³/mol. The van der Waals surface area contributed by atoms with Gasteiger partial charge in [0.05, 0.1) is 47.0 Å². The van der Waals surface area contributed by atoms with Gasteiger partial charge in [0.25, 0.3) is 0 Å². The molecule has 0 heterocycles. The number of fused-ring (bicyclic) bond motifs is 1. The molecule has 6 atom stereocenters. The predicted octanol–water partition coefficient (Wildman–Crippen LogP) is 19.6. The Hall–Kier alpha value is -2.00. The van der Waals surface area contributed by atoms with Crippen molar-refractivity contribution in [1.29, 1.82) is 0 Å². The largest absolute Gasteiger partial charge is 0.505 e. The minimum absolute atomic E-state index is 0.00200. The molecule has 0 amide bonds. The molecule has 2 aromatic carbocycles. The van der Waals surface area contributed by atoms with Gasteiger partial charge in [0.15, 0.2) is 64.8 Å². The molecule has 0 bridgehead atoms. The number of hydrogen-bond acceptors (Lipinski definition) is 14. The van der Waals surface area contributed by atoms with Crippen LogP contribution in [0.2, 0.25) is 0 Å². The molecule has 6 unspecified atom stereocenters. The Morgan fingerprint density at radius 1 is 0.244 bits per heavy atom. The third kappa shape index (κ3) is 22.0. The monoisotopic (exact) mass is 1380 g/mol. The molecule has 2 rings (SSSR count). The second-order valence-corrected chi connectivity index (χ2v) is 39.1. The maximum absolute atomic E-state index is 17.1. The van der Waals surface area contributed by atoms with Crippen molar-refractivity contribution in [2.75, 3.05) is 5.73 Å². The van der Waals surface area contributed by atoms with E-state index in [-0.39, 0.29) is 77.0 Å². The fourth-order valence-electron chi connectivity index (χ4n) is 13.5. The molecule has 0 aliphatic carbocycles. The van der Waals surface area contributed by atoms with E-state index in [1.54, 1.807) is 41.5 Å². The number of sulfone groups is 6. The number of nitrogens with two attached hydrogens (primary N) is 1. The minimum atomic E-state index is -5.43. The van der Waals surface area contributed by atoms with Crippen LogP contribution < -0.4 is 5.73 Å². The van der Waals surface area contributed by atoms with E-state index >= 15 is 50.5 Å². The van der Waals surface area contributed by atoms with Gasteiger partial charge in [-0.15, -0.1) is 0 Å². The summed E-state index contributed by atoms with van der Waals surface area (Å²) >= 11 is 0. The summed E-state index contributed by atoms with van der Waals surface area (Å²) in [7, 11) is -31.8. The summed E-state index contributed by atoms with van der Waals surface area (Å²) in [6, 6.07) is 0. The highest BCUT2D eigenvalue weighted by Crippen LogP contribution is 2.56. The van der Waals surface area contributed by atoms with Crippen LogP contribution in [0, 0.1) is 0 Å². The highest BCUT2D eigenvalue weighted by Gasteiger charge is 2.51. The first-order chi connectivity index (χ1) is 42.7. The molecule has 20 heteroatoms. The van der Waals surface area contributed by atoms with Gasteiger partial charge in [0.1, 0.15) is 19.6 Å². The lowest BCUT2D eigenvalue weighted by atomic mass is 10.1. The Labute approximate surface area is 552 Å². The maximum Gasteiger partial charge on any atom is 0.186 e. The lowest BCUT2D eigenvalue weighted by Gasteiger charge is -2.31. The second kappa shape index (κ2) is 41.8. The van der Waals surface area contributed by atoms with Crippen LogP contribution in [-0.2, 0) is 59.0 Å². The van der Waals surface area contributed by atoms with Gasteiger partial charge in [-0.2, -0.15) is 0 Å². The standard InChI is InChI=1S/C70H129NO13S6/c1-13-25-31-37-43-49-55(19-7)85(73,74)65-61-62(66(86(75,76)56(20-8)50-44-38-32-26-14-2)69(64(65)72)89(81,82)59(23-11)53-47-41-35-29-17-5)67(87(77,78)57(21-9)51-45-39-33-27-15-3)70(90(83,84)60(24-12)54-48-42-36-30-18-6)68(63(61)71)88(79,80)58(22-10)52-46-40-34-28-16-4/h55-60,72H,13-54,71H2,1-12H3. The Bertz CT molecular complexity index is 3070. The number of aromatic hydroxyl groups is 1. The van der Waals surface area contributed by atoms with Crippen molar-refractivity contribution >= 4 is 75.5 Å². The molecule has 2 aromatic rings. The SMILES string of the molecule is CCCCCCCC(CC)S(=O)(=O)c1c(S(=O)(=O)C(CC)CCCCCCC)c(S(=O)(=O)C(CC)CCCCCCC)c2c(S(=O)(=O)C(CC)CCCCCCC)c(S(=O)(=O)C(CC)CCCCCCC)c(O)c(S(=O)(=O)C(CC)CCCCCCC)c2c1N. The van der Waals surface area contributed by atoms with Gasteiger partial charge >= 0.3 is 0 Å². The molecular weight excluding hydrogens is 1260 g/mol. The fraction of sp³-hybridized carbons (Fsp3) is 0.857. The van der Waals surface area contributed by atoms with E-state index in [1.165, 1.54) is 0 Å². The smallest absolute Gasteiger partial charge is 0.186 e. The number of unbranched alkanes of at least 4 members (excludes halogenated alkanes) is 24. The van der Waals surface area contributed by atoms with Gasteiger partial charge < -0.3 is 10.8 Å². The van der Waals surface area contributed by atoms with Gasteiger partial charge in [0.2, 0.25) is 0 Å². The van der Waals surface area contributed by atoms with E-state index in [2.05, 4.69) is 0 Å². The van der Waals surface area contributed by atoms with Crippen LogP contribution in [0.4, 0.5) is 5.69 Å². The molecule has 0 aliphatic rings. The fourth-order valence-corrected chi connectivity index (χ4v) is 28.1. The maximum atomic E-state index is 17.1. The minimum Gasteiger partial charge on any atom is -0.505 e. The van der Waals surface area contributed by atoms with Gasteiger partial charge in [0, 0.05) is 10.8 Å². The highest BCUT2D eigenvalue weighted by atomic mass is 32.2. The quantitative estimate of drug-likeness (QED) is 0.0462. The number of anilines is 1. The summed E-state index contributed by atoms with van der Waals surface area (Å²) in [6.45, 7) is 22.0. The average Bonchev–Trinajstić information content (AvgIpc) is 0.696. The lowest BCUT2D eigenvalue weighted by Crippen LogP contribution is -2.33. The molecule has 0 radical (unpaired) electrons. The van der Waals surface area contributed by atoms with Gasteiger partial charge in [-0.05, 0) is 77.0 Å². The van der Waals surface area contributed by atoms with Crippen molar-refractivity contribution in [3.8, 4) is 5.75 Å². The number of nitrogen functional groups attached to an aromatic ring is 1. The van der Waals surface area contributed by atoms with Crippen molar-refractivity contribution in [2.45, 2.75) is 414 Å². The van der Waals surface area contributed by atoms with Crippen molar-refractivity contribution in [3.05, 3.63) is 0 Å². The Balaban J connectivity index is 4.20. The zero-order valence-corrected chi connectivity index (χ0v) is 63.4. The highest BCUT2D eigenvalue weighted by molar-refractivity contribution is 7.97. The van der Waals surface area contributed by atoms with Crippen LogP contribution >= 0.6 is 0 Å². The number of phenols is 1. The molecule has 0 saturated carbocycles. The molecular formula is C70H129NO13S6. The number of phenolic OH excluding ortho intramolecular Hbond substituents is 1. The lowest BCUT2D eigenvalue weighted by molar-refractivity contribution is 0.436. The van der Waals surface area contributed by atoms with Crippen molar-refractivity contribution in [1.82, 2.24) is 0 Å². The number of benzene rings is 2. The van der Waals surface area contributed by atoms with E-state index < -0.39 is 142 Å². The summed E-state index contributed by atoms with van der Waals surface area (Å²) in [6.07, 6.45) is 20.1. The number of rotatable bonds is 54. The van der Waals surface area contributed by atoms with Crippen LogP contribution in [0.1, 0.15) is 353 Å². The van der Waals surface area contributed by atoms with Crippen LogP contribution in [0.3, 0.4) is 0 Å². The zero-order chi connectivity index (χ0) is 67.9. The molecule has 0 aliphatic heterocycles. The molecule has 0 aromatic heterocycles. The van der Waals surface area contributed by atoms with Gasteiger partial charge in [-0.25, -0.2) is 50.5 Å². The molecule has 528 valence electrons. The zero-order valence-electron chi connectivity index (χ0n) is 58.5. The molecule has 90 heavy (non-hydrogen) atoms. The van der Waals surface area contributed by atoms with E-state index in [1.807, 2.05) is 41.5 Å². The molecule has 0 fully saturated rings. The summed E-state index contributed by atoms with van der Waals surface area (Å²) < 4.78 is 200. The Kier molecular flexibility index (Phi) is 39.1. The van der Waals surface area contributed by atoms with Crippen molar-refractivity contribution in [2.24, 2.45) is 0 Å². The van der Waals surface area contributed by atoms with Crippen molar-refractivity contribution in [3.63, 3.8) is 0 Å². The summed E-state index contributed by atoms with van der Waals surface area (Å²) in [5.74, 6) is -1.47. The van der Waals surface area contributed by atoms with Crippen LogP contribution in [0.5, 0.6) is 5.75 Å². The van der Waals surface area contributed by atoms with E-state index in [9.17, 15) is 5.11 Å². The first-order valence-corrected chi connectivity index (χ1v) is 45.6. The number of hydrogen-bond donors (Lipinski definition) is 2. The molecule has 14 nitrogen and oxygen atoms in total. The van der Waals surface area contributed by atoms with Crippen LogP contribution in [0.25, 0.3) is 10.8 Å². The summed E-state index contributed by atoms with van der Waals surface area (Å²) in [5.41, 5.74) is 6.51. The van der Waals surface area contributed by atoms with Gasteiger partial charge in [-0.1, -0.05) is 276 Å². The van der Waals surface area contributed by atoms with Crippen LogP contribution in [0.15, 0.2) is 29.4 Å². The normalized spacial score (nSPS) is 15.1. The summed E-state index contributed by atoms with van der Waals surface area (Å²) in [5, 5.41) is 2.92. The third-order valence-corrected chi connectivity index (χ3v) is 34.3. The van der Waals surface area contributed by atoms with E-state index in [0.29, 0.717) is 77.0 Å². The molecule has 0 spiro atoms. The van der Waals surface area contributed by atoms with Crippen LogP contribution in [-0.4, -0.2) is 87.1 Å². The van der Waals surface area contributed by atoms with E-state index in [4.69, 9.17) is 5.73 Å². The van der Waals surface area contributed by atoms with E-state index in [0.717, 1.165) is 116 Å². The molecule has 0 saturated heterocycles. The first-order valence-electron chi connectivity index (χ1n) is 36.3. The third-order valence-electron chi connectivity index (χ3n) is 19.3.